The third-order valence-electron chi connectivity index (χ3n) is 6.46. The van der Waals surface area contributed by atoms with Gasteiger partial charge in [-0.25, -0.2) is 19.2 Å². The highest BCUT2D eigenvalue weighted by molar-refractivity contribution is 6.31. The van der Waals surface area contributed by atoms with Crippen molar-refractivity contribution in [3.63, 3.8) is 0 Å². The summed E-state index contributed by atoms with van der Waals surface area (Å²) in [7, 11) is 1.59. The monoisotopic (exact) mass is 531 g/mol. The van der Waals surface area contributed by atoms with Gasteiger partial charge in [-0.3, -0.25) is 14.4 Å². The van der Waals surface area contributed by atoms with E-state index in [4.69, 9.17) is 11.6 Å². The van der Waals surface area contributed by atoms with E-state index < -0.39 is 35.9 Å². The molecule has 0 aromatic heterocycles. The minimum atomic E-state index is -1.09. The van der Waals surface area contributed by atoms with Gasteiger partial charge in [-0.05, 0) is 35.7 Å². The average molecular weight is 532 g/mol. The molecule has 0 bridgehead atoms. The fourth-order valence-corrected chi connectivity index (χ4v) is 4.87. The maximum Gasteiger partial charge on any atom is 0.334 e. The molecule has 4 rings (SSSR count). The lowest BCUT2D eigenvalue weighted by Crippen LogP contribution is -2.75. The second-order valence-electron chi connectivity index (χ2n) is 8.99. The number of hydrazine groups is 1. The molecule has 2 saturated heterocycles. The number of carboxylic acid groups (broad SMARTS) is 1. The maximum atomic E-state index is 13.5. The molecule has 0 unspecified atom stereocenters. The number of carboxylic acids is 1. The number of carbonyl (C=O) groups excluding carboxylic acids is 3. The Labute approximate surface area is 218 Å². The molecule has 196 valence electrons. The van der Waals surface area contributed by atoms with Crippen molar-refractivity contribution < 1.29 is 28.7 Å². The van der Waals surface area contributed by atoms with Crippen molar-refractivity contribution in [2.45, 2.75) is 38.1 Å². The topological polar surface area (TPSA) is 114 Å². The van der Waals surface area contributed by atoms with Crippen LogP contribution in [0.4, 0.5) is 9.18 Å². The molecular weight excluding hydrogens is 505 g/mol. The predicted molar refractivity (Wildman–Crippen MR) is 131 cm³/mol. The van der Waals surface area contributed by atoms with Gasteiger partial charge in [-0.2, -0.15) is 0 Å². The number of rotatable bonds is 7. The van der Waals surface area contributed by atoms with Gasteiger partial charge >= 0.3 is 12.0 Å². The van der Waals surface area contributed by atoms with Crippen LogP contribution in [0.3, 0.4) is 0 Å². The van der Waals surface area contributed by atoms with Gasteiger partial charge in [0.25, 0.3) is 0 Å². The minimum Gasteiger partial charge on any atom is -0.481 e. The van der Waals surface area contributed by atoms with Gasteiger partial charge in [0.05, 0.1) is 13.1 Å². The smallest absolute Gasteiger partial charge is 0.334 e. The van der Waals surface area contributed by atoms with E-state index in [2.05, 4.69) is 5.32 Å². The predicted octanol–water partition coefficient (Wildman–Crippen LogP) is 2.28. The van der Waals surface area contributed by atoms with E-state index in [9.17, 15) is 28.7 Å². The number of aliphatic carboxylic acids is 1. The van der Waals surface area contributed by atoms with Crippen LogP contribution >= 0.6 is 11.6 Å². The van der Waals surface area contributed by atoms with Gasteiger partial charge in [0.2, 0.25) is 11.8 Å². The molecule has 2 heterocycles. The molecule has 2 aromatic carbocycles. The van der Waals surface area contributed by atoms with Crippen LogP contribution in [0, 0.1) is 5.82 Å². The van der Waals surface area contributed by atoms with Crippen LogP contribution in [0.5, 0.6) is 0 Å². The van der Waals surface area contributed by atoms with Crippen LogP contribution < -0.4 is 5.32 Å². The molecule has 2 aliphatic rings. The molecule has 0 spiro atoms. The standard InChI is InChI=1S/C25H27ClFN5O5/c1-29-15-22(33)31-20(10-11-23(34)35)24(36)30(13-17-4-2-3-5-19(17)26)14-21(31)32(29)25(37)28-12-16-6-8-18(27)9-7-16/h2-9,20-21H,10-15H2,1H3,(H,28,37)(H,34,35)/t20-,21-/m0/s1. The summed E-state index contributed by atoms with van der Waals surface area (Å²) < 4.78 is 13.2. The highest BCUT2D eigenvalue weighted by atomic mass is 35.5. The average Bonchev–Trinajstić information content (AvgIpc) is 2.85. The number of amides is 4. The van der Waals surface area contributed by atoms with Gasteiger partial charge in [0.15, 0.2) is 0 Å². The Hall–Kier alpha value is -3.70. The molecule has 2 aromatic rings. The van der Waals surface area contributed by atoms with Gasteiger partial charge in [0, 0.05) is 31.6 Å². The normalized spacial score (nSPS) is 20.1. The van der Waals surface area contributed by atoms with Crippen molar-refractivity contribution in [3.05, 3.63) is 70.5 Å². The third-order valence-corrected chi connectivity index (χ3v) is 6.82. The van der Waals surface area contributed by atoms with Crippen molar-refractivity contribution in [1.29, 1.82) is 0 Å². The Kier molecular flexibility index (Phi) is 7.94. The van der Waals surface area contributed by atoms with Crippen molar-refractivity contribution in [2.24, 2.45) is 0 Å². The molecule has 0 saturated carbocycles. The summed E-state index contributed by atoms with van der Waals surface area (Å²) in [6.07, 6.45) is -1.28. The molecule has 0 aliphatic carbocycles. The molecule has 2 aliphatic heterocycles. The van der Waals surface area contributed by atoms with Gasteiger partial charge < -0.3 is 20.2 Å². The Morgan fingerprint density at radius 1 is 1.14 bits per heavy atom. The quantitative estimate of drug-likeness (QED) is 0.567. The number of urea groups is 1. The van der Waals surface area contributed by atoms with E-state index in [0.29, 0.717) is 16.1 Å². The first-order chi connectivity index (χ1) is 17.7. The zero-order chi connectivity index (χ0) is 26.7. The first-order valence-corrected chi connectivity index (χ1v) is 12.1. The molecule has 4 amide bonds. The number of halogens is 2. The van der Waals surface area contributed by atoms with E-state index in [1.807, 2.05) is 0 Å². The Morgan fingerprint density at radius 2 is 1.84 bits per heavy atom. The van der Waals surface area contributed by atoms with E-state index in [-0.39, 0.29) is 44.9 Å². The second kappa shape index (κ2) is 11.1. The van der Waals surface area contributed by atoms with Crippen LogP contribution in [-0.2, 0) is 27.5 Å². The molecule has 2 atom stereocenters. The van der Waals surface area contributed by atoms with E-state index in [1.54, 1.807) is 43.4 Å². The fraction of sp³-hybridized carbons (Fsp3) is 0.360. The van der Waals surface area contributed by atoms with E-state index in [1.165, 1.54) is 32.0 Å². The Balaban J connectivity index is 1.61. The largest absolute Gasteiger partial charge is 0.481 e. The molecule has 2 N–H and O–H groups in total. The molecule has 37 heavy (non-hydrogen) atoms. The van der Waals surface area contributed by atoms with Crippen LogP contribution in [0.15, 0.2) is 48.5 Å². The molecule has 12 heteroatoms. The van der Waals surface area contributed by atoms with Crippen LogP contribution in [0.25, 0.3) is 0 Å². The van der Waals surface area contributed by atoms with E-state index in [0.717, 1.165) is 0 Å². The lowest BCUT2D eigenvalue weighted by Gasteiger charge is -2.54. The van der Waals surface area contributed by atoms with Gasteiger partial charge in [-0.1, -0.05) is 41.9 Å². The number of piperazine rings is 1. The Bertz CT molecular complexity index is 1200. The number of hydrogen-bond donors (Lipinski definition) is 2. The molecular formula is C25H27ClFN5O5. The molecule has 10 nitrogen and oxygen atoms in total. The van der Waals surface area contributed by atoms with Gasteiger partial charge in [-0.15, -0.1) is 0 Å². The SMILES string of the molecule is CN1CC(=O)N2[C@@H](CCC(=O)O)C(=O)N(Cc3ccccc3Cl)C[C@@H]2N1C(=O)NCc1ccc(F)cc1. The lowest BCUT2D eigenvalue weighted by atomic mass is 10.0. The molecule has 2 fully saturated rings. The second-order valence-corrected chi connectivity index (χ2v) is 9.39. The van der Waals surface area contributed by atoms with Crippen molar-refractivity contribution in [1.82, 2.24) is 25.1 Å². The summed E-state index contributed by atoms with van der Waals surface area (Å²) >= 11 is 6.32. The number of carbonyl (C=O) groups is 4. The number of likely N-dealkylation sites (N-methyl/N-ethyl adjacent to an activating group) is 1. The van der Waals surface area contributed by atoms with Crippen molar-refractivity contribution >= 4 is 35.4 Å². The summed E-state index contributed by atoms with van der Waals surface area (Å²) in [5.41, 5.74) is 1.37. The number of benzene rings is 2. The van der Waals surface area contributed by atoms with Gasteiger partial charge in [0.1, 0.15) is 18.0 Å². The fourth-order valence-electron chi connectivity index (χ4n) is 4.68. The highest BCUT2D eigenvalue weighted by Gasteiger charge is 2.50. The third kappa shape index (κ3) is 5.83. The van der Waals surface area contributed by atoms with Crippen molar-refractivity contribution in [2.75, 3.05) is 20.1 Å². The van der Waals surface area contributed by atoms with Crippen molar-refractivity contribution in [3.8, 4) is 0 Å². The minimum absolute atomic E-state index is 0.00762. The number of nitrogens with zero attached hydrogens (tertiary/aromatic N) is 4. The number of hydrogen-bond acceptors (Lipinski definition) is 5. The zero-order valence-electron chi connectivity index (χ0n) is 20.1. The summed E-state index contributed by atoms with van der Waals surface area (Å²) in [6, 6.07) is 11.2. The zero-order valence-corrected chi connectivity index (χ0v) is 20.9. The number of nitrogens with one attached hydrogen (secondary N) is 1. The van der Waals surface area contributed by atoms with Crippen LogP contribution in [-0.4, -0.2) is 81.1 Å². The van der Waals surface area contributed by atoms with Crippen LogP contribution in [0.1, 0.15) is 24.0 Å². The summed E-state index contributed by atoms with van der Waals surface area (Å²) in [6.45, 7) is 0.0969. The Morgan fingerprint density at radius 3 is 2.51 bits per heavy atom. The summed E-state index contributed by atoms with van der Waals surface area (Å²) in [5.74, 6) is -2.26. The summed E-state index contributed by atoms with van der Waals surface area (Å²) in [5, 5.41) is 15.3. The summed E-state index contributed by atoms with van der Waals surface area (Å²) in [4.78, 5) is 54.0. The van der Waals surface area contributed by atoms with E-state index >= 15 is 0 Å². The van der Waals surface area contributed by atoms with Crippen LogP contribution in [0.2, 0.25) is 5.02 Å². The lowest BCUT2D eigenvalue weighted by molar-refractivity contribution is -0.188. The highest BCUT2D eigenvalue weighted by Crippen LogP contribution is 2.29. The maximum absolute atomic E-state index is 13.5. The molecule has 0 radical (unpaired) electrons. The number of fused-ring (bicyclic) bond motifs is 1. The first kappa shape index (κ1) is 26.4. The first-order valence-electron chi connectivity index (χ1n) is 11.7.